The maximum absolute atomic E-state index is 15.1. The van der Waals surface area contributed by atoms with Crippen LogP contribution < -0.4 is 5.32 Å². The van der Waals surface area contributed by atoms with E-state index in [-0.39, 0.29) is 24.8 Å². The van der Waals surface area contributed by atoms with Crippen LogP contribution in [0.5, 0.6) is 0 Å². The molecule has 0 amide bonds. The largest absolute Gasteiger partial charge is 0.389 e. The summed E-state index contributed by atoms with van der Waals surface area (Å²) in [6.07, 6.45) is 1.23. The highest BCUT2D eigenvalue weighted by atomic mass is 35.5. The third kappa shape index (κ3) is 3.65. The fraction of sp³-hybridized carbons (Fsp3) is 0.476. The number of aliphatic hydroxyl groups is 1. The highest BCUT2D eigenvalue weighted by Crippen LogP contribution is 2.36. The van der Waals surface area contributed by atoms with Gasteiger partial charge in [0.2, 0.25) is 5.95 Å². The third-order valence-electron chi connectivity index (χ3n) is 5.83. The van der Waals surface area contributed by atoms with Gasteiger partial charge < -0.3 is 24.5 Å². The smallest absolute Gasteiger partial charge is 0.223 e. The first kappa shape index (κ1) is 20.6. The molecule has 0 radical (unpaired) electrons. The van der Waals surface area contributed by atoms with Crippen molar-refractivity contribution >= 4 is 28.6 Å². The zero-order valence-electron chi connectivity index (χ0n) is 17.2. The van der Waals surface area contributed by atoms with E-state index in [1.165, 1.54) is 12.3 Å². The summed E-state index contributed by atoms with van der Waals surface area (Å²) < 4.78 is 28.1. The van der Waals surface area contributed by atoms with Gasteiger partial charge in [0, 0.05) is 12.2 Å². The molecule has 0 saturated carbocycles. The highest BCUT2D eigenvalue weighted by Gasteiger charge is 2.28. The number of aromatic nitrogens is 4. The molecule has 4 atom stereocenters. The van der Waals surface area contributed by atoms with E-state index in [4.69, 9.17) is 21.1 Å². The molecule has 1 aromatic carbocycles. The molecule has 3 aromatic rings. The van der Waals surface area contributed by atoms with Gasteiger partial charge in [0.25, 0.3) is 0 Å². The van der Waals surface area contributed by atoms with Gasteiger partial charge in [-0.25, -0.2) is 19.3 Å². The summed E-state index contributed by atoms with van der Waals surface area (Å²) in [6, 6.07) is 3.04. The van der Waals surface area contributed by atoms with Crippen LogP contribution >= 0.6 is 11.6 Å². The van der Waals surface area contributed by atoms with Crippen LogP contribution in [0.25, 0.3) is 22.3 Å². The molecule has 2 aliphatic heterocycles. The Bertz CT molecular complexity index is 1140. The monoisotopic (exact) mass is 447 g/mol. The summed E-state index contributed by atoms with van der Waals surface area (Å²) in [5.41, 5.74) is 1.92. The standard InChI is InChI=1S/C21H23ClFN5O3/c1-10-8-31-11(2)20-26-19-14(23)5-12(6-16(19)28(10)20)18-13(22)7-24-21(27-18)25-15-3-4-30-9-17(15)29/h5-7,10-11,15,17,29H,3-4,8-9H2,1-2H3,(H,24,25,27)/t10?,11?,15-,17-/m1/s1. The molecule has 0 bridgehead atoms. The van der Waals surface area contributed by atoms with Crippen molar-refractivity contribution < 1.29 is 19.0 Å². The van der Waals surface area contributed by atoms with E-state index in [2.05, 4.69) is 20.3 Å². The molecule has 0 aliphatic carbocycles. The van der Waals surface area contributed by atoms with Crippen LogP contribution in [0.3, 0.4) is 0 Å². The molecule has 1 fully saturated rings. The average Bonchev–Trinajstić information content (AvgIpc) is 3.15. The van der Waals surface area contributed by atoms with Gasteiger partial charge in [0.1, 0.15) is 17.4 Å². The number of benzene rings is 1. The Morgan fingerprint density at radius 1 is 1.26 bits per heavy atom. The van der Waals surface area contributed by atoms with E-state index in [0.717, 1.165) is 0 Å². The number of ether oxygens (including phenoxy) is 2. The molecule has 10 heteroatoms. The number of fused-ring (bicyclic) bond motifs is 3. The van der Waals surface area contributed by atoms with Crippen molar-refractivity contribution in [2.24, 2.45) is 0 Å². The summed E-state index contributed by atoms with van der Waals surface area (Å²) in [4.78, 5) is 13.2. The Morgan fingerprint density at radius 2 is 2.10 bits per heavy atom. The second-order valence-corrected chi connectivity index (χ2v) is 8.47. The minimum atomic E-state index is -0.658. The Morgan fingerprint density at radius 3 is 2.90 bits per heavy atom. The lowest BCUT2D eigenvalue weighted by Crippen LogP contribution is -2.42. The van der Waals surface area contributed by atoms with Crippen LogP contribution in [0.15, 0.2) is 18.3 Å². The predicted octanol–water partition coefficient (Wildman–Crippen LogP) is 3.50. The van der Waals surface area contributed by atoms with Crippen molar-refractivity contribution in [1.29, 1.82) is 0 Å². The molecule has 4 heterocycles. The van der Waals surface area contributed by atoms with Gasteiger partial charge >= 0.3 is 0 Å². The summed E-state index contributed by atoms with van der Waals surface area (Å²) in [6.45, 7) is 5.25. The molecule has 31 heavy (non-hydrogen) atoms. The van der Waals surface area contributed by atoms with Crippen molar-refractivity contribution in [2.45, 2.75) is 44.6 Å². The van der Waals surface area contributed by atoms with Gasteiger partial charge in [-0.05, 0) is 32.4 Å². The topological polar surface area (TPSA) is 94.3 Å². The molecule has 2 N–H and O–H groups in total. The van der Waals surface area contributed by atoms with E-state index in [1.807, 2.05) is 24.5 Å². The Hall–Kier alpha value is -2.33. The second kappa shape index (κ2) is 7.98. The molecule has 164 valence electrons. The molecule has 2 aliphatic rings. The maximum Gasteiger partial charge on any atom is 0.223 e. The van der Waals surface area contributed by atoms with Crippen LogP contribution in [0.2, 0.25) is 5.02 Å². The lowest BCUT2D eigenvalue weighted by atomic mass is 10.1. The second-order valence-electron chi connectivity index (χ2n) is 8.06. The van der Waals surface area contributed by atoms with Gasteiger partial charge in [-0.15, -0.1) is 0 Å². The minimum absolute atomic E-state index is 0.0268. The number of hydrogen-bond acceptors (Lipinski definition) is 7. The SMILES string of the molecule is CC1OCC(C)n2c1nc1c(F)cc(-c3nc(N[C@@H]4CCOC[C@H]4O)ncc3Cl)cc12. The number of nitrogens with one attached hydrogen (secondary N) is 1. The van der Waals surface area contributed by atoms with Gasteiger partial charge in [-0.2, -0.15) is 0 Å². The van der Waals surface area contributed by atoms with Crippen LogP contribution in [-0.2, 0) is 9.47 Å². The van der Waals surface area contributed by atoms with E-state index in [0.29, 0.717) is 58.7 Å². The molecular formula is C21H23ClFN5O3. The quantitative estimate of drug-likeness (QED) is 0.634. The maximum atomic E-state index is 15.1. The normalized spacial score (nSPS) is 26.1. The summed E-state index contributed by atoms with van der Waals surface area (Å²) in [7, 11) is 0. The molecule has 2 unspecified atom stereocenters. The first-order valence-electron chi connectivity index (χ1n) is 10.3. The zero-order valence-corrected chi connectivity index (χ0v) is 17.9. The highest BCUT2D eigenvalue weighted by molar-refractivity contribution is 6.33. The number of hydrogen-bond donors (Lipinski definition) is 2. The first-order chi connectivity index (χ1) is 14.9. The van der Waals surface area contributed by atoms with Crippen LogP contribution in [0, 0.1) is 5.82 Å². The Kier molecular flexibility index (Phi) is 5.29. The summed E-state index contributed by atoms with van der Waals surface area (Å²) >= 11 is 6.39. The zero-order chi connectivity index (χ0) is 21.7. The summed E-state index contributed by atoms with van der Waals surface area (Å²) in [5.74, 6) is 0.573. The molecule has 0 spiro atoms. The average molecular weight is 448 g/mol. The van der Waals surface area contributed by atoms with Crippen molar-refractivity contribution in [2.75, 3.05) is 25.1 Å². The number of aliphatic hydroxyl groups excluding tert-OH is 1. The van der Waals surface area contributed by atoms with Crippen LogP contribution in [0.1, 0.15) is 38.2 Å². The lowest BCUT2D eigenvalue weighted by molar-refractivity contribution is -0.0136. The lowest BCUT2D eigenvalue weighted by Gasteiger charge is -2.28. The molecule has 5 rings (SSSR count). The molecule has 2 aromatic heterocycles. The number of rotatable bonds is 3. The predicted molar refractivity (Wildman–Crippen MR) is 114 cm³/mol. The van der Waals surface area contributed by atoms with Crippen molar-refractivity contribution in [1.82, 2.24) is 19.5 Å². The van der Waals surface area contributed by atoms with Crippen LogP contribution in [-0.4, -0.2) is 56.6 Å². The van der Waals surface area contributed by atoms with Crippen molar-refractivity contribution in [3.8, 4) is 11.3 Å². The minimum Gasteiger partial charge on any atom is -0.389 e. The van der Waals surface area contributed by atoms with Crippen molar-refractivity contribution in [3.63, 3.8) is 0 Å². The third-order valence-corrected chi connectivity index (χ3v) is 6.10. The fourth-order valence-electron chi connectivity index (χ4n) is 4.19. The summed E-state index contributed by atoms with van der Waals surface area (Å²) in [5, 5.41) is 13.6. The number of halogens is 2. The van der Waals surface area contributed by atoms with E-state index in [9.17, 15) is 5.11 Å². The Balaban J connectivity index is 1.57. The van der Waals surface area contributed by atoms with Gasteiger partial charge in [0.05, 0.1) is 53.8 Å². The van der Waals surface area contributed by atoms with E-state index in [1.54, 1.807) is 0 Å². The molecular weight excluding hydrogens is 425 g/mol. The van der Waals surface area contributed by atoms with Gasteiger partial charge in [0.15, 0.2) is 5.82 Å². The molecule has 8 nitrogen and oxygen atoms in total. The Labute approximate surface area is 183 Å². The van der Waals surface area contributed by atoms with Gasteiger partial charge in [-0.1, -0.05) is 11.6 Å². The molecule has 1 saturated heterocycles. The van der Waals surface area contributed by atoms with Gasteiger partial charge in [-0.3, -0.25) is 0 Å². The fourth-order valence-corrected chi connectivity index (χ4v) is 4.39. The van der Waals surface area contributed by atoms with E-state index < -0.39 is 11.9 Å². The number of imidazole rings is 1. The van der Waals surface area contributed by atoms with E-state index >= 15 is 4.39 Å². The number of anilines is 1. The first-order valence-corrected chi connectivity index (χ1v) is 10.7. The van der Waals surface area contributed by atoms with Crippen molar-refractivity contribution in [3.05, 3.63) is 35.0 Å². The number of nitrogens with zero attached hydrogens (tertiary/aromatic N) is 4. The van der Waals surface area contributed by atoms with Crippen LogP contribution in [0.4, 0.5) is 10.3 Å².